The van der Waals surface area contributed by atoms with E-state index in [1.165, 1.54) is 6.92 Å². The largest absolute Gasteiger partial charge is 0.463 e. The molecule has 0 aromatic rings. The summed E-state index contributed by atoms with van der Waals surface area (Å²) in [6.45, 7) is 1.66. The van der Waals surface area contributed by atoms with Gasteiger partial charge in [0.25, 0.3) is 12.1 Å². The molecule has 0 radical (unpaired) electrons. The fraction of sp³-hybridized carbons (Fsp3) is 0.714. The summed E-state index contributed by atoms with van der Waals surface area (Å²) in [5.41, 5.74) is -3.26. The summed E-state index contributed by atoms with van der Waals surface area (Å²) in [6.07, 6.45) is -3.51. The number of alkyl halides is 3. The van der Waals surface area contributed by atoms with Crippen LogP contribution in [0.1, 0.15) is 13.8 Å². The average Bonchev–Trinajstić information content (AvgIpc) is 2.03. The third kappa shape index (κ3) is 2.71. The quantitative estimate of drug-likeness (QED) is 0.502. The van der Waals surface area contributed by atoms with E-state index in [1.54, 1.807) is 0 Å². The Balaban J connectivity index is 4.55. The lowest BCUT2D eigenvalue weighted by Gasteiger charge is -2.15. The van der Waals surface area contributed by atoms with E-state index in [2.05, 4.69) is 4.74 Å². The molecule has 6 heteroatoms. The van der Waals surface area contributed by atoms with Gasteiger partial charge in [0.15, 0.2) is 0 Å². The van der Waals surface area contributed by atoms with Gasteiger partial charge in [-0.05, 0) is 13.8 Å². The summed E-state index contributed by atoms with van der Waals surface area (Å²) in [5, 5.41) is 0. The van der Waals surface area contributed by atoms with E-state index in [0.29, 0.717) is 6.92 Å². The number of esters is 1. The lowest BCUT2D eigenvalue weighted by atomic mass is 10.0. The highest BCUT2D eigenvalue weighted by atomic mass is 19.3. The third-order valence-electron chi connectivity index (χ3n) is 1.32. The van der Waals surface area contributed by atoms with Gasteiger partial charge in [-0.1, -0.05) is 0 Å². The van der Waals surface area contributed by atoms with Crippen molar-refractivity contribution in [2.45, 2.75) is 25.9 Å². The van der Waals surface area contributed by atoms with E-state index in [0.717, 1.165) is 0 Å². The lowest BCUT2D eigenvalue weighted by Crippen LogP contribution is -2.44. The van der Waals surface area contributed by atoms with Crippen molar-refractivity contribution in [3.05, 3.63) is 0 Å². The Hall–Kier alpha value is -1.07. The summed E-state index contributed by atoms with van der Waals surface area (Å²) >= 11 is 0. The number of halogens is 3. The molecule has 0 saturated carbocycles. The van der Waals surface area contributed by atoms with E-state index in [-0.39, 0.29) is 6.61 Å². The highest BCUT2D eigenvalue weighted by Gasteiger charge is 2.47. The molecule has 0 aliphatic rings. The second-order valence-corrected chi connectivity index (χ2v) is 2.39. The number of ether oxygens (including phenoxy) is 1. The molecule has 1 atom stereocenters. The van der Waals surface area contributed by atoms with Crippen LogP contribution in [0.3, 0.4) is 0 Å². The summed E-state index contributed by atoms with van der Waals surface area (Å²) in [7, 11) is 0. The van der Waals surface area contributed by atoms with Crippen molar-refractivity contribution in [3.63, 3.8) is 0 Å². The van der Waals surface area contributed by atoms with Crippen LogP contribution in [0.5, 0.6) is 0 Å². The minimum absolute atomic E-state index is 0.172. The van der Waals surface area contributed by atoms with Crippen LogP contribution >= 0.6 is 0 Å². The normalized spacial score (nSPS) is 15.2. The van der Waals surface area contributed by atoms with Crippen LogP contribution in [0.25, 0.3) is 0 Å². The molecule has 76 valence electrons. The highest BCUT2D eigenvalue weighted by Crippen LogP contribution is 2.18. The first-order valence-corrected chi connectivity index (χ1v) is 3.52. The zero-order valence-corrected chi connectivity index (χ0v) is 7.14. The van der Waals surface area contributed by atoms with Crippen molar-refractivity contribution < 1.29 is 27.5 Å². The molecule has 13 heavy (non-hydrogen) atoms. The molecule has 0 amide bonds. The van der Waals surface area contributed by atoms with Gasteiger partial charge in [0.1, 0.15) is 0 Å². The Bertz CT molecular complexity index is 213. The van der Waals surface area contributed by atoms with Crippen molar-refractivity contribution in [1.29, 1.82) is 0 Å². The van der Waals surface area contributed by atoms with Crippen LogP contribution in [0.2, 0.25) is 0 Å². The van der Waals surface area contributed by atoms with Gasteiger partial charge in [-0.2, -0.15) is 0 Å². The van der Waals surface area contributed by atoms with Crippen molar-refractivity contribution in [1.82, 2.24) is 0 Å². The number of ketones is 1. The van der Waals surface area contributed by atoms with Gasteiger partial charge in [-0.15, -0.1) is 0 Å². The van der Waals surface area contributed by atoms with Crippen LogP contribution in [0, 0.1) is 0 Å². The predicted octanol–water partition coefficient (Wildman–Crippen LogP) is 1.11. The van der Waals surface area contributed by atoms with Crippen LogP contribution in [0.4, 0.5) is 13.2 Å². The van der Waals surface area contributed by atoms with Crippen molar-refractivity contribution >= 4 is 11.8 Å². The molecule has 0 aliphatic heterocycles. The van der Waals surface area contributed by atoms with Crippen molar-refractivity contribution in [2.24, 2.45) is 0 Å². The Labute approximate surface area is 72.9 Å². The summed E-state index contributed by atoms with van der Waals surface area (Å²) in [6, 6.07) is 0. The van der Waals surface area contributed by atoms with Crippen LogP contribution in [-0.2, 0) is 14.3 Å². The number of carbonyl (C=O) groups is 2. The maximum absolute atomic E-state index is 13.0. The van der Waals surface area contributed by atoms with E-state index in [9.17, 15) is 22.8 Å². The van der Waals surface area contributed by atoms with Gasteiger partial charge in [0, 0.05) is 0 Å². The first-order chi connectivity index (χ1) is 5.84. The van der Waals surface area contributed by atoms with E-state index in [1.807, 2.05) is 0 Å². The molecule has 3 nitrogen and oxygen atoms in total. The van der Waals surface area contributed by atoms with Crippen LogP contribution in [-0.4, -0.2) is 30.5 Å². The second kappa shape index (κ2) is 4.25. The zero-order valence-electron chi connectivity index (χ0n) is 7.14. The van der Waals surface area contributed by atoms with Gasteiger partial charge >= 0.3 is 5.97 Å². The molecule has 0 bridgehead atoms. The van der Waals surface area contributed by atoms with E-state index in [4.69, 9.17) is 0 Å². The molecular weight excluding hydrogens is 189 g/mol. The van der Waals surface area contributed by atoms with E-state index >= 15 is 0 Å². The molecule has 0 rings (SSSR count). The molecule has 0 heterocycles. The summed E-state index contributed by atoms with van der Waals surface area (Å²) in [5.74, 6) is -3.66. The van der Waals surface area contributed by atoms with Gasteiger partial charge in [-0.3, -0.25) is 4.79 Å². The number of rotatable bonds is 4. The molecular formula is C7H9F3O3. The average molecular weight is 198 g/mol. The number of carbonyl (C=O) groups excluding carboxylic acids is 2. The topological polar surface area (TPSA) is 43.4 Å². The lowest BCUT2D eigenvalue weighted by molar-refractivity contribution is -0.165. The minimum atomic E-state index is -3.51. The Kier molecular flexibility index (Phi) is 3.90. The molecule has 0 spiro atoms. The minimum Gasteiger partial charge on any atom is -0.463 e. The molecule has 0 N–H and O–H groups in total. The monoisotopic (exact) mass is 198 g/mol. The van der Waals surface area contributed by atoms with Gasteiger partial charge < -0.3 is 4.74 Å². The molecule has 0 saturated heterocycles. The molecule has 0 aliphatic carbocycles. The predicted molar refractivity (Wildman–Crippen MR) is 37.2 cm³/mol. The maximum atomic E-state index is 13.0. The first-order valence-electron chi connectivity index (χ1n) is 3.52. The molecule has 0 aromatic heterocycles. The third-order valence-corrected chi connectivity index (χ3v) is 1.32. The first kappa shape index (κ1) is 11.9. The number of hydrogen-bond acceptors (Lipinski definition) is 3. The highest BCUT2D eigenvalue weighted by molar-refractivity contribution is 6.08. The van der Waals surface area contributed by atoms with Gasteiger partial charge in [0.05, 0.1) is 6.61 Å². The van der Waals surface area contributed by atoms with Gasteiger partial charge in [-0.25, -0.2) is 18.0 Å². The van der Waals surface area contributed by atoms with Crippen molar-refractivity contribution in [2.75, 3.05) is 6.61 Å². The Morgan fingerprint density at radius 3 is 2.23 bits per heavy atom. The van der Waals surface area contributed by atoms with E-state index < -0.39 is 23.8 Å². The van der Waals surface area contributed by atoms with Crippen molar-refractivity contribution in [3.8, 4) is 0 Å². The second-order valence-electron chi connectivity index (χ2n) is 2.39. The summed E-state index contributed by atoms with van der Waals surface area (Å²) < 4.78 is 40.6. The molecule has 0 fully saturated rings. The van der Waals surface area contributed by atoms with Crippen LogP contribution in [0.15, 0.2) is 0 Å². The smallest absolute Gasteiger partial charge is 0.351 e. The summed E-state index contributed by atoms with van der Waals surface area (Å²) in [4.78, 5) is 21.1. The molecule has 1 unspecified atom stereocenters. The fourth-order valence-corrected chi connectivity index (χ4v) is 0.572. The number of hydrogen-bond donors (Lipinski definition) is 0. The maximum Gasteiger partial charge on any atom is 0.351 e. The fourth-order valence-electron chi connectivity index (χ4n) is 0.572. The molecule has 0 aromatic carbocycles. The standard InChI is InChI=1S/C7H9F3O3/c1-3-13-6(12)7(2,10)4(11)5(8)9/h5H,3H2,1-2H3. The van der Waals surface area contributed by atoms with Crippen LogP contribution < -0.4 is 0 Å². The zero-order chi connectivity index (χ0) is 10.6. The number of Topliss-reactive ketones (excluding diaryl/α,β-unsaturated/α-hetero) is 1. The Morgan fingerprint density at radius 1 is 1.46 bits per heavy atom. The Morgan fingerprint density at radius 2 is 1.92 bits per heavy atom. The SMILES string of the molecule is CCOC(=O)C(C)(F)C(=O)C(F)F. The van der Waals surface area contributed by atoms with Gasteiger partial charge in [0.2, 0.25) is 5.78 Å².